The largest absolute Gasteiger partial charge is 0.481 e. The Morgan fingerprint density at radius 1 is 0.833 bits per heavy atom. The van der Waals surface area contributed by atoms with Crippen LogP contribution in [0.15, 0.2) is 0 Å². The van der Waals surface area contributed by atoms with E-state index in [0.717, 1.165) is 45.2 Å². The van der Waals surface area contributed by atoms with E-state index in [1.807, 2.05) is 4.90 Å². The third-order valence-electron chi connectivity index (χ3n) is 4.32. The lowest BCUT2D eigenvalue weighted by Gasteiger charge is -2.32. The molecule has 1 aliphatic heterocycles. The summed E-state index contributed by atoms with van der Waals surface area (Å²) in [5, 5.41) is 9.24. The van der Waals surface area contributed by atoms with Gasteiger partial charge in [-0.3, -0.25) is 9.59 Å². The second-order valence-electron chi connectivity index (χ2n) is 5.58. The number of carboxylic acid groups (broad SMARTS) is 1. The molecule has 0 aromatic carbocycles. The Bertz CT molecular complexity index is 308. The van der Waals surface area contributed by atoms with Crippen molar-refractivity contribution >= 4 is 11.9 Å². The highest BCUT2D eigenvalue weighted by Crippen LogP contribution is 2.32. The number of hydrogen-bond donors (Lipinski definition) is 1. The summed E-state index contributed by atoms with van der Waals surface area (Å²) in [7, 11) is 0. The molecule has 102 valence electrons. The molecule has 2 rings (SSSR count). The molecule has 0 bridgehead atoms. The maximum absolute atomic E-state index is 12.5. The van der Waals surface area contributed by atoms with Crippen LogP contribution in [0, 0.1) is 11.8 Å². The van der Waals surface area contributed by atoms with E-state index in [1.54, 1.807) is 0 Å². The van der Waals surface area contributed by atoms with Gasteiger partial charge in [0.15, 0.2) is 0 Å². The highest BCUT2D eigenvalue weighted by Gasteiger charge is 2.37. The van der Waals surface area contributed by atoms with Gasteiger partial charge in [0.25, 0.3) is 0 Å². The molecule has 18 heavy (non-hydrogen) atoms. The van der Waals surface area contributed by atoms with Crippen LogP contribution in [0.5, 0.6) is 0 Å². The molecular formula is C14H23NO3. The van der Waals surface area contributed by atoms with Crippen molar-refractivity contribution in [1.29, 1.82) is 0 Å². The lowest BCUT2D eigenvalue weighted by molar-refractivity contribution is -0.152. The number of nitrogens with zero attached hydrogens (tertiary/aromatic N) is 1. The smallest absolute Gasteiger partial charge is 0.307 e. The third-order valence-corrected chi connectivity index (χ3v) is 4.32. The van der Waals surface area contributed by atoms with Crippen molar-refractivity contribution in [2.75, 3.05) is 13.1 Å². The zero-order valence-corrected chi connectivity index (χ0v) is 10.9. The Morgan fingerprint density at radius 2 is 1.39 bits per heavy atom. The van der Waals surface area contributed by atoms with Gasteiger partial charge >= 0.3 is 5.97 Å². The Labute approximate surface area is 108 Å². The average Bonchev–Trinajstić information content (AvgIpc) is 2.66. The minimum atomic E-state index is -0.789. The summed E-state index contributed by atoms with van der Waals surface area (Å²) in [6.45, 7) is 1.64. The Kier molecular flexibility index (Phi) is 4.61. The minimum Gasteiger partial charge on any atom is -0.481 e. The SMILES string of the molecule is O=C(O)[C@@H]1CCCC[C@H]1C(=O)N1CCCCCC1. The van der Waals surface area contributed by atoms with Gasteiger partial charge in [0.1, 0.15) is 0 Å². The predicted octanol–water partition coefficient (Wildman–Crippen LogP) is 2.28. The maximum Gasteiger partial charge on any atom is 0.307 e. The summed E-state index contributed by atoms with van der Waals surface area (Å²) < 4.78 is 0. The van der Waals surface area contributed by atoms with Crippen LogP contribution in [0.3, 0.4) is 0 Å². The van der Waals surface area contributed by atoms with E-state index in [1.165, 1.54) is 12.8 Å². The molecule has 1 heterocycles. The van der Waals surface area contributed by atoms with Gasteiger partial charge in [-0.2, -0.15) is 0 Å². The highest BCUT2D eigenvalue weighted by atomic mass is 16.4. The van der Waals surface area contributed by atoms with Gasteiger partial charge in [-0.15, -0.1) is 0 Å². The van der Waals surface area contributed by atoms with Crippen molar-refractivity contribution in [3.63, 3.8) is 0 Å². The molecule has 0 spiro atoms. The van der Waals surface area contributed by atoms with E-state index in [2.05, 4.69) is 0 Å². The van der Waals surface area contributed by atoms with E-state index in [0.29, 0.717) is 6.42 Å². The number of amides is 1. The Hall–Kier alpha value is -1.06. The first kappa shape index (κ1) is 13.4. The van der Waals surface area contributed by atoms with Crippen LogP contribution in [0.2, 0.25) is 0 Å². The molecule has 1 N–H and O–H groups in total. The number of carbonyl (C=O) groups excluding carboxylic acids is 1. The average molecular weight is 253 g/mol. The number of aliphatic carboxylic acids is 1. The Balaban J connectivity index is 2.02. The summed E-state index contributed by atoms with van der Waals surface area (Å²) in [6.07, 6.45) is 7.88. The van der Waals surface area contributed by atoms with E-state index in [4.69, 9.17) is 0 Å². The standard InChI is InChI=1S/C14H23NO3/c16-13(15-9-5-1-2-6-10-15)11-7-3-4-8-12(11)14(17)18/h11-12H,1-10H2,(H,17,18)/t11-,12-/m1/s1. The lowest BCUT2D eigenvalue weighted by Crippen LogP contribution is -2.42. The molecule has 1 saturated carbocycles. The quantitative estimate of drug-likeness (QED) is 0.821. The van der Waals surface area contributed by atoms with E-state index in [-0.39, 0.29) is 11.8 Å². The molecule has 4 nitrogen and oxygen atoms in total. The van der Waals surface area contributed by atoms with Crippen LogP contribution in [0.4, 0.5) is 0 Å². The molecule has 1 saturated heterocycles. The summed E-state index contributed by atoms with van der Waals surface area (Å²) in [4.78, 5) is 25.6. The molecule has 4 heteroatoms. The van der Waals surface area contributed by atoms with E-state index < -0.39 is 11.9 Å². The number of likely N-dealkylation sites (tertiary alicyclic amines) is 1. The monoisotopic (exact) mass is 253 g/mol. The summed E-state index contributed by atoms with van der Waals surface area (Å²) in [5.74, 6) is -1.41. The van der Waals surface area contributed by atoms with Gasteiger partial charge in [-0.1, -0.05) is 25.7 Å². The number of carbonyl (C=O) groups is 2. The van der Waals surface area contributed by atoms with Gasteiger partial charge in [-0.25, -0.2) is 0 Å². The van der Waals surface area contributed by atoms with Gasteiger partial charge in [-0.05, 0) is 25.7 Å². The fourth-order valence-corrected chi connectivity index (χ4v) is 3.25. The molecule has 0 unspecified atom stereocenters. The first-order valence-electron chi connectivity index (χ1n) is 7.22. The summed E-state index contributed by atoms with van der Waals surface area (Å²) >= 11 is 0. The zero-order chi connectivity index (χ0) is 13.0. The molecule has 1 amide bonds. The van der Waals surface area contributed by atoms with Crippen molar-refractivity contribution in [3.05, 3.63) is 0 Å². The maximum atomic E-state index is 12.5. The first-order chi connectivity index (χ1) is 8.70. The predicted molar refractivity (Wildman–Crippen MR) is 68.1 cm³/mol. The molecule has 0 radical (unpaired) electrons. The van der Waals surface area contributed by atoms with Crippen LogP contribution in [-0.4, -0.2) is 35.0 Å². The topological polar surface area (TPSA) is 57.6 Å². The van der Waals surface area contributed by atoms with Crippen LogP contribution in [0.1, 0.15) is 51.4 Å². The summed E-state index contributed by atoms with van der Waals surface area (Å²) in [5.41, 5.74) is 0. The van der Waals surface area contributed by atoms with Crippen molar-refractivity contribution < 1.29 is 14.7 Å². The minimum absolute atomic E-state index is 0.101. The third kappa shape index (κ3) is 3.03. The van der Waals surface area contributed by atoms with Gasteiger partial charge in [0.05, 0.1) is 11.8 Å². The fraction of sp³-hybridized carbons (Fsp3) is 0.857. The van der Waals surface area contributed by atoms with Crippen molar-refractivity contribution in [1.82, 2.24) is 4.90 Å². The first-order valence-corrected chi connectivity index (χ1v) is 7.22. The van der Waals surface area contributed by atoms with Gasteiger partial charge < -0.3 is 10.0 Å². The van der Waals surface area contributed by atoms with Crippen LogP contribution >= 0.6 is 0 Å². The van der Waals surface area contributed by atoms with Gasteiger partial charge in [0.2, 0.25) is 5.91 Å². The number of carboxylic acids is 1. The molecule has 2 atom stereocenters. The second-order valence-corrected chi connectivity index (χ2v) is 5.58. The second kappa shape index (κ2) is 6.21. The molecule has 0 aromatic rings. The van der Waals surface area contributed by atoms with Crippen LogP contribution in [-0.2, 0) is 9.59 Å². The molecule has 2 aliphatic rings. The molecule has 2 fully saturated rings. The van der Waals surface area contributed by atoms with Crippen molar-refractivity contribution in [2.24, 2.45) is 11.8 Å². The van der Waals surface area contributed by atoms with Crippen molar-refractivity contribution in [3.8, 4) is 0 Å². The van der Waals surface area contributed by atoms with E-state index in [9.17, 15) is 14.7 Å². The Morgan fingerprint density at radius 3 is 1.94 bits per heavy atom. The molecule has 0 aromatic heterocycles. The lowest BCUT2D eigenvalue weighted by atomic mass is 9.78. The molecular weight excluding hydrogens is 230 g/mol. The summed E-state index contributed by atoms with van der Waals surface area (Å²) in [6, 6.07) is 0. The number of hydrogen-bond acceptors (Lipinski definition) is 2. The van der Waals surface area contributed by atoms with E-state index >= 15 is 0 Å². The van der Waals surface area contributed by atoms with Crippen LogP contribution < -0.4 is 0 Å². The van der Waals surface area contributed by atoms with Crippen molar-refractivity contribution in [2.45, 2.75) is 51.4 Å². The zero-order valence-electron chi connectivity index (χ0n) is 10.9. The normalized spacial score (nSPS) is 29.7. The molecule has 1 aliphatic carbocycles. The highest BCUT2D eigenvalue weighted by molar-refractivity contribution is 5.85. The number of rotatable bonds is 2. The fourth-order valence-electron chi connectivity index (χ4n) is 3.25. The van der Waals surface area contributed by atoms with Crippen LogP contribution in [0.25, 0.3) is 0 Å². The van der Waals surface area contributed by atoms with Gasteiger partial charge in [0, 0.05) is 13.1 Å².